The van der Waals surface area contributed by atoms with E-state index in [1.54, 1.807) is 13.2 Å². The number of nitrogens with zero attached hydrogens (tertiary/aromatic N) is 2. The molecule has 0 bridgehead atoms. The van der Waals surface area contributed by atoms with Crippen LogP contribution >= 0.6 is 11.6 Å². The predicted molar refractivity (Wildman–Crippen MR) is 72.2 cm³/mol. The highest BCUT2D eigenvalue weighted by Gasteiger charge is 2.40. The number of hydrogen-bond donors (Lipinski definition) is 1. The quantitative estimate of drug-likeness (QED) is 0.840. The molecule has 2 atom stereocenters. The molecule has 1 aromatic heterocycles. The summed E-state index contributed by atoms with van der Waals surface area (Å²) in [6.45, 7) is 1.19. The highest BCUT2D eigenvalue weighted by Crippen LogP contribution is 2.39. The lowest BCUT2D eigenvalue weighted by atomic mass is 10.1. The number of rotatable bonds is 5. The highest BCUT2D eigenvalue weighted by atomic mass is 35.5. The Hall–Kier alpha value is -0.910. The molecule has 0 spiro atoms. The van der Waals surface area contributed by atoms with Gasteiger partial charge in [0.2, 0.25) is 0 Å². The Morgan fingerprint density at radius 1 is 1.42 bits per heavy atom. The molecule has 19 heavy (non-hydrogen) atoms. The zero-order valence-electron chi connectivity index (χ0n) is 10.9. The van der Waals surface area contributed by atoms with Gasteiger partial charge in [-0.05, 0) is 25.2 Å². The van der Waals surface area contributed by atoms with Crippen LogP contribution in [0, 0.1) is 5.92 Å². The van der Waals surface area contributed by atoms with Gasteiger partial charge in [-0.25, -0.2) is 9.97 Å². The van der Waals surface area contributed by atoms with Crippen LogP contribution in [-0.2, 0) is 16.1 Å². The Bertz CT molecular complexity index is 454. The summed E-state index contributed by atoms with van der Waals surface area (Å²) in [5, 5.41) is 3.87. The predicted octanol–water partition coefficient (Wildman–Crippen LogP) is 2.26. The molecule has 1 aliphatic carbocycles. The number of halogens is 1. The van der Waals surface area contributed by atoms with Gasteiger partial charge >= 0.3 is 0 Å². The van der Waals surface area contributed by atoms with E-state index >= 15 is 0 Å². The number of aromatic nitrogens is 2. The summed E-state index contributed by atoms with van der Waals surface area (Å²) in [5.41, 5.74) is 0. The van der Waals surface area contributed by atoms with Crippen LogP contribution in [0.2, 0.25) is 5.15 Å². The fourth-order valence-electron chi connectivity index (χ4n) is 2.58. The first kappa shape index (κ1) is 13.1. The maximum absolute atomic E-state index is 6.00. The Kier molecular flexibility index (Phi) is 3.86. The van der Waals surface area contributed by atoms with Gasteiger partial charge in [-0.1, -0.05) is 11.6 Å². The van der Waals surface area contributed by atoms with Crippen LogP contribution in [0.4, 0.5) is 5.82 Å². The largest absolute Gasteiger partial charge is 0.377 e. The number of hydrogen-bond acceptors (Lipinski definition) is 5. The van der Waals surface area contributed by atoms with E-state index in [0.29, 0.717) is 29.7 Å². The molecule has 1 N–H and O–H groups in total. The third kappa shape index (κ3) is 3.16. The first-order valence-electron chi connectivity index (χ1n) is 6.67. The number of anilines is 1. The Morgan fingerprint density at radius 2 is 2.26 bits per heavy atom. The molecule has 0 radical (unpaired) electrons. The van der Waals surface area contributed by atoms with E-state index in [1.165, 1.54) is 12.8 Å². The molecule has 6 heteroatoms. The van der Waals surface area contributed by atoms with Crippen LogP contribution in [0.3, 0.4) is 0 Å². The molecule has 1 aliphatic heterocycles. The van der Waals surface area contributed by atoms with E-state index in [2.05, 4.69) is 15.3 Å². The lowest BCUT2D eigenvalue weighted by Gasteiger charge is -2.20. The van der Waals surface area contributed by atoms with Gasteiger partial charge in [0.05, 0.1) is 12.1 Å². The molecule has 0 amide bonds. The molecule has 1 saturated heterocycles. The molecular formula is C13H18ClN3O2. The molecule has 3 rings (SSSR count). The van der Waals surface area contributed by atoms with Gasteiger partial charge in [0, 0.05) is 19.8 Å². The number of methoxy groups -OCH3 is 1. The van der Waals surface area contributed by atoms with Crippen molar-refractivity contribution in [1.29, 1.82) is 0 Å². The first-order chi connectivity index (χ1) is 9.26. The molecule has 0 aromatic carbocycles. The van der Waals surface area contributed by atoms with Crippen LogP contribution < -0.4 is 5.32 Å². The maximum atomic E-state index is 6.00. The molecule has 2 aliphatic rings. The van der Waals surface area contributed by atoms with Crippen molar-refractivity contribution in [3.63, 3.8) is 0 Å². The third-order valence-electron chi connectivity index (χ3n) is 3.57. The number of ether oxygens (including phenoxy) is 2. The van der Waals surface area contributed by atoms with Crippen molar-refractivity contribution in [2.75, 3.05) is 19.0 Å². The fourth-order valence-corrected chi connectivity index (χ4v) is 2.78. The molecular weight excluding hydrogens is 266 g/mol. The van der Waals surface area contributed by atoms with E-state index in [4.69, 9.17) is 21.1 Å². The second-order valence-electron chi connectivity index (χ2n) is 5.14. The average molecular weight is 284 g/mol. The SMILES string of the molecule is COCc1nc(Cl)cc(NC2CCOC2C2CC2)n1. The van der Waals surface area contributed by atoms with Crippen molar-refractivity contribution in [2.24, 2.45) is 5.92 Å². The van der Waals surface area contributed by atoms with Gasteiger partial charge in [-0.3, -0.25) is 0 Å². The van der Waals surface area contributed by atoms with Crippen molar-refractivity contribution in [2.45, 2.75) is 38.0 Å². The molecule has 5 nitrogen and oxygen atoms in total. The van der Waals surface area contributed by atoms with Crippen molar-refractivity contribution in [3.8, 4) is 0 Å². The summed E-state index contributed by atoms with van der Waals surface area (Å²) in [5.74, 6) is 2.07. The van der Waals surface area contributed by atoms with Crippen molar-refractivity contribution in [3.05, 3.63) is 17.0 Å². The Labute approximate surface area is 117 Å². The van der Waals surface area contributed by atoms with E-state index in [1.807, 2.05) is 0 Å². The van der Waals surface area contributed by atoms with Crippen LogP contribution in [0.15, 0.2) is 6.07 Å². The van der Waals surface area contributed by atoms with Crippen LogP contribution in [0.25, 0.3) is 0 Å². The van der Waals surface area contributed by atoms with E-state index < -0.39 is 0 Å². The summed E-state index contributed by atoms with van der Waals surface area (Å²) >= 11 is 6.00. The van der Waals surface area contributed by atoms with Gasteiger partial charge in [-0.15, -0.1) is 0 Å². The monoisotopic (exact) mass is 283 g/mol. The standard InChI is InChI=1S/C13H18ClN3O2/c1-18-7-12-16-10(14)6-11(17-12)15-9-4-5-19-13(9)8-2-3-8/h6,8-9,13H,2-5,7H2,1H3,(H,15,16,17). The fraction of sp³-hybridized carbons (Fsp3) is 0.692. The van der Waals surface area contributed by atoms with Crippen LogP contribution in [0.5, 0.6) is 0 Å². The van der Waals surface area contributed by atoms with Gasteiger partial charge in [0.25, 0.3) is 0 Å². The zero-order valence-corrected chi connectivity index (χ0v) is 11.7. The van der Waals surface area contributed by atoms with Crippen molar-refractivity contribution < 1.29 is 9.47 Å². The average Bonchev–Trinajstić information content (AvgIpc) is 3.10. The van der Waals surface area contributed by atoms with Gasteiger partial charge in [0.1, 0.15) is 17.6 Å². The summed E-state index contributed by atoms with van der Waals surface area (Å²) < 4.78 is 10.8. The van der Waals surface area contributed by atoms with Crippen molar-refractivity contribution >= 4 is 17.4 Å². The molecule has 2 unspecified atom stereocenters. The summed E-state index contributed by atoms with van der Waals surface area (Å²) in [6, 6.07) is 2.08. The highest BCUT2D eigenvalue weighted by molar-refractivity contribution is 6.29. The minimum absolute atomic E-state index is 0.319. The zero-order chi connectivity index (χ0) is 13.2. The summed E-state index contributed by atoms with van der Waals surface area (Å²) in [6.07, 6.45) is 3.90. The van der Waals surface area contributed by atoms with E-state index in [0.717, 1.165) is 24.8 Å². The molecule has 1 saturated carbocycles. The second kappa shape index (κ2) is 5.61. The molecule has 104 valence electrons. The number of nitrogens with one attached hydrogen (secondary N) is 1. The second-order valence-corrected chi connectivity index (χ2v) is 5.52. The molecule has 1 aromatic rings. The minimum Gasteiger partial charge on any atom is -0.377 e. The Balaban J connectivity index is 1.71. The van der Waals surface area contributed by atoms with Gasteiger partial charge in [0.15, 0.2) is 5.82 Å². The van der Waals surface area contributed by atoms with Crippen LogP contribution in [-0.4, -0.2) is 35.8 Å². The Morgan fingerprint density at radius 3 is 3.00 bits per heavy atom. The van der Waals surface area contributed by atoms with Crippen LogP contribution in [0.1, 0.15) is 25.1 Å². The maximum Gasteiger partial charge on any atom is 0.158 e. The van der Waals surface area contributed by atoms with Gasteiger partial charge in [-0.2, -0.15) is 0 Å². The summed E-state index contributed by atoms with van der Waals surface area (Å²) in [4.78, 5) is 8.54. The van der Waals surface area contributed by atoms with Crippen molar-refractivity contribution in [1.82, 2.24) is 9.97 Å². The van der Waals surface area contributed by atoms with Gasteiger partial charge < -0.3 is 14.8 Å². The van der Waals surface area contributed by atoms with E-state index in [-0.39, 0.29) is 0 Å². The first-order valence-corrected chi connectivity index (χ1v) is 7.04. The lowest BCUT2D eigenvalue weighted by molar-refractivity contribution is 0.0898. The third-order valence-corrected chi connectivity index (χ3v) is 3.76. The normalized spacial score (nSPS) is 26.6. The lowest BCUT2D eigenvalue weighted by Crippen LogP contribution is -2.31. The topological polar surface area (TPSA) is 56.3 Å². The minimum atomic E-state index is 0.319. The smallest absolute Gasteiger partial charge is 0.158 e. The summed E-state index contributed by atoms with van der Waals surface area (Å²) in [7, 11) is 1.62. The molecule has 2 fully saturated rings. The molecule has 2 heterocycles. The van der Waals surface area contributed by atoms with E-state index in [9.17, 15) is 0 Å².